The number of anilines is 1. The van der Waals surface area contributed by atoms with Gasteiger partial charge >= 0.3 is 0 Å². The molecular weight excluding hydrogens is 390 g/mol. The summed E-state index contributed by atoms with van der Waals surface area (Å²) in [6.45, 7) is 1.68. The fourth-order valence-corrected chi connectivity index (χ4v) is 4.51. The molecule has 2 aromatic carbocycles. The van der Waals surface area contributed by atoms with Crippen molar-refractivity contribution in [2.24, 2.45) is 0 Å². The van der Waals surface area contributed by atoms with Crippen LogP contribution in [0.1, 0.15) is 15.9 Å². The summed E-state index contributed by atoms with van der Waals surface area (Å²) < 4.78 is 23.1. The third-order valence-electron chi connectivity index (χ3n) is 4.86. The lowest BCUT2D eigenvalue weighted by Crippen LogP contribution is -2.39. The van der Waals surface area contributed by atoms with Crippen LogP contribution in [0.2, 0.25) is 0 Å². The number of aromatic nitrogens is 3. The van der Waals surface area contributed by atoms with Crippen molar-refractivity contribution < 1.29 is 13.2 Å². The molecule has 1 aromatic heterocycles. The molecule has 1 aliphatic rings. The molecule has 1 amide bonds. The zero-order chi connectivity index (χ0) is 20.3. The van der Waals surface area contributed by atoms with Crippen LogP contribution in [0.3, 0.4) is 0 Å². The molecule has 1 fully saturated rings. The average Bonchev–Trinajstić information content (AvgIpc) is 3.25. The van der Waals surface area contributed by atoms with E-state index in [0.29, 0.717) is 36.7 Å². The molecule has 0 radical (unpaired) electrons. The number of nitrogens with zero attached hydrogens (tertiary/aromatic N) is 3. The molecule has 0 spiro atoms. The molecule has 3 aromatic rings. The Morgan fingerprint density at radius 2 is 1.86 bits per heavy atom. The number of rotatable bonds is 5. The largest absolute Gasteiger partial charge is 0.322 e. The number of benzene rings is 2. The van der Waals surface area contributed by atoms with Crippen LogP contribution in [0.5, 0.6) is 0 Å². The van der Waals surface area contributed by atoms with Crippen molar-refractivity contribution in [1.82, 2.24) is 20.1 Å². The predicted octanol–water partition coefficient (Wildman–Crippen LogP) is 1.95. The van der Waals surface area contributed by atoms with E-state index in [1.165, 1.54) is 6.33 Å². The van der Waals surface area contributed by atoms with E-state index in [-0.39, 0.29) is 17.4 Å². The van der Waals surface area contributed by atoms with Gasteiger partial charge in [-0.2, -0.15) is 5.10 Å². The quantitative estimate of drug-likeness (QED) is 0.664. The summed E-state index contributed by atoms with van der Waals surface area (Å²) in [6, 6.07) is 14.8. The molecule has 0 aliphatic carbocycles. The van der Waals surface area contributed by atoms with Crippen LogP contribution in [0, 0.1) is 0 Å². The number of amides is 1. The van der Waals surface area contributed by atoms with Gasteiger partial charge in [-0.05, 0) is 42.0 Å². The fourth-order valence-electron chi connectivity index (χ4n) is 3.24. The second kappa shape index (κ2) is 8.14. The summed E-state index contributed by atoms with van der Waals surface area (Å²) >= 11 is 0. The van der Waals surface area contributed by atoms with Gasteiger partial charge in [0.05, 0.1) is 11.5 Å². The second-order valence-electron chi connectivity index (χ2n) is 6.99. The molecule has 0 bridgehead atoms. The minimum absolute atomic E-state index is 0.192. The van der Waals surface area contributed by atoms with Crippen molar-refractivity contribution >= 4 is 21.4 Å². The lowest BCUT2D eigenvalue weighted by molar-refractivity contribution is 0.102. The number of aromatic amines is 1. The predicted molar refractivity (Wildman–Crippen MR) is 110 cm³/mol. The first-order valence-electron chi connectivity index (χ1n) is 9.27. The molecule has 0 saturated carbocycles. The first-order valence-corrected chi connectivity index (χ1v) is 11.1. The minimum atomic E-state index is -2.90. The van der Waals surface area contributed by atoms with Crippen LogP contribution in [-0.4, -0.2) is 59.0 Å². The smallest absolute Gasteiger partial charge is 0.255 e. The van der Waals surface area contributed by atoms with Gasteiger partial charge in [-0.15, -0.1) is 0 Å². The van der Waals surface area contributed by atoms with Gasteiger partial charge in [-0.1, -0.05) is 12.1 Å². The van der Waals surface area contributed by atoms with E-state index in [1.807, 2.05) is 42.5 Å². The van der Waals surface area contributed by atoms with Gasteiger partial charge in [0.2, 0.25) is 0 Å². The molecule has 0 atom stereocenters. The Morgan fingerprint density at radius 3 is 2.55 bits per heavy atom. The molecule has 1 saturated heterocycles. The SMILES string of the molecule is O=C(Nc1ccc(-c2ncn[nH]2)cc1)c1cccc(CN2CCS(=O)(=O)CC2)c1. The number of H-pyrrole nitrogens is 1. The Labute approximate surface area is 168 Å². The fraction of sp³-hybridized carbons (Fsp3) is 0.250. The molecule has 9 heteroatoms. The molecule has 2 N–H and O–H groups in total. The van der Waals surface area contributed by atoms with E-state index in [0.717, 1.165) is 11.1 Å². The Bertz CT molecular complexity index is 1080. The summed E-state index contributed by atoms with van der Waals surface area (Å²) in [5.74, 6) is 0.857. The Morgan fingerprint density at radius 1 is 1.10 bits per heavy atom. The number of carbonyl (C=O) groups excluding carboxylic acids is 1. The van der Waals surface area contributed by atoms with Gasteiger partial charge in [-0.3, -0.25) is 14.8 Å². The minimum Gasteiger partial charge on any atom is -0.322 e. The first kappa shape index (κ1) is 19.3. The highest BCUT2D eigenvalue weighted by atomic mass is 32.2. The van der Waals surface area contributed by atoms with Gasteiger partial charge in [0.25, 0.3) is 5.91 Å². The molecule has 150 valence electrons. The third kappa shape index (κ3) is 4.87. The second-order valence-corrected chi connectivity index (χ2v) is 9.30. The summed E-state index contributed by atoms with van der Waals surface area (Å²) in [7, 11) is -2.90. The van der Waals surface area contributed by atoms with Crippen molar-refractivity contribution in [3.05, 3.63) is 66.0 Å². The number of hydrogen-bond donors (Lipinski definition) is 2. The van der Waals surface area contributed by atoms with Gasteiger partial charge in [0, 0.05) is 36.4 Å². The van der Waals surface area contributed by atoms with Gasteiger partial charge < -0.3 is 5.32 Å². The summed E-state index contributed by atoms with van der Waals surface area (Å²) in [5.41, 5.74) is 3.11. The van der Waals surface area contributed by atoms with Crippen LogP contribution in [-0.2, 0) is 16.4 Å². The zero-order valence-electron chi connectivity index (χ0n) is 15.7. The lowest BCUT2D eigenvalue weighted by atomic mass is 10.1. The molecule has 4 rings (SSSR count). The van der Waals surface area contributed by atoms with Crippen LogP contribution < -0.4 is 5.32 Å². The van der Waals surface area contributed by atoms with Gasteiger partial charge in [0.1, 0.15) is 6.33 Å². The first-order chi connectivity index (χ1) is 14.0. The van der Waals surface area contributed by atoms with Crippen LogP contribution in [0.4, 0.5) is 5.69 Å². The maximum Gasteiger partial charge on any atom is 0.255 e. The summed E-state index contributed by atoms with van der Waals surface area (Å²) in [5, 5.41) is 9.52. The van der Waals surface area contributed by atoms with E-state index in [2.05, 4.69) is 25.4 Å². The van der Waals surface area contributed by atoms with Crippen LogP contribution >= 0.6 is 0 Å². The van der Waals surface area contributed by atoms with Crippen molar-refractivity contribution in [3.8, 4) is 11.4 Å². The average molecular weight is 411 g/mol. The Balaban J connectivity index is 1.39. The third-order valence-corrected chi connectivity index (χ3v) is 6.47. The Kier molecular flexibility index (Phi) is 5.41. The topological polar surface area (TPSA) is 108 Å². The normalized spacial score (nSPS) is 16.4. The highest BCUT2D eigenvalue weighted by Crippen LogP contribution is 2.18. The van der Waals surface area contributed by atoms with Crippen LogP contribution in [0.25, 0.3) is 11.4 Å². The molecule has 1 aliphatic heterocycles. The van der Waals surface area contributed by atoms with Crippen molar-refractivity contribution in [2.75, 3.05) is 29.9 Å². The van der Waals surface area contributed by atoms with Crippen molar-refractivity contribution in [1.29, 1.82) is 0 Å². The molecular formula is C20H21N5O3S. The lowest BCUT2D eigenvalue weighted by Gasteiger charge is -2.26. The highest BCUT2D eigenvalue weighted by molar-refractivity contribution is 7.91. The molecule has 29 heavy (non-hydrogen) atoms. The van der Waals surface area contributed by atoms with Crippen LogP contribution in [0.15, 0.2) is 54.9 Å². The van der Waals surface area contributed by atoms with Crippen molar-refractivity contribution in [2.45, 2.75) is 6.54 Å². The number of sulfone groups is 1. The van der Waals surface area contributed by atoms with E-state index in [9.17, 15) is 13.2 Å². The summed E-state index contributed by atoms with van der Waals surface area (Å²) in [4.78, 5) is 18.8. The number of hydrogen-bond acceptors (Lipinski definition) is 6. The maximum absolute atomic E-state index is 12.6. The Hall–Kier alpha value is -3.04. The monoisotopic (exact) mass is 411 g/mol. The van der Waals surface area contributed by atoms with Crippen molar-refractivity contribution in [3.63, 3.8) is 0 Å². The maximum atomic E-state index is 12.6. The molecule has 0 unspecified atom stereocenters. The van der Waals surface area contributed by atoms with E-state index in [4.69, 9.17) is 0 Å². The van der Waals surface area contributed by atoms with Gasteiger partial charge in [0.15, 0.2) is 15.7 Å². The van der Waals surface area contributed by atoms with Gasteiger partial charge in [-0.25, -0.2) is 13.4 Å². The summed E-state index contributed by atoms with van der Waals surface area (Å²) in [6.07, 6.45) is 1.45. The van der Waals surface area contributed by atoms with E-state index in [1.54, 1.807) is 6.07 Å². The zero-order valence-corrected chi connectivity index (χ0v) is 16.5. The van der Waals surface area contributed by atoms with E-state index >= 15 is 0 Å². The highest BCUT2D eigenvalue weighted by Gasteiger charge is 2.21. The van der Waals surface area contributed by atoms with E-state index < -0.39 is 9.84 Å². The molecule has 8 nitrogen and oxygen atoms in total. The standard InChI is InChI=1S/C20H21N5O3S/c26-20(23-18-6-4-16(5-7-18)19-21-14-22-24-19)17-3-1-2-15(12-17)13-25-8-10-29(27,28)11-9-25/h1-7,12,14H,8-11,13H2,(H,23,26)(H,21,22,24). The number of nitrogens with one attached hydrogen (secondary N) is 2. The number of carbonyl (C=O) groups is 1. The molecule has 2 heterocycles.